The van der Waals surface area contributed by atoms with E-state index in [0.29, 0.717) is 11.3 Å². The summed E-state index contributed by atoms with van der Waals surface area (Å²) in [6.45, 7) is 7.75. The first-order chi connectivity index (χ1) is 17.8. The van der Waals surface area contributed by atoms with Crippen LogP contribution in [-0.2, 0) is 6.42 Å². The number of halogens is 1. The molecule has 0 unspecified atom stereocenters. The summed E-state index contributed by atoms with van der Waals surface area (Å²) < 4.78 is 14.3. The molecular weight excluding hydrogens is 467 g/mol. The predicted molar refractivity (Wildman–Crippen MR) is 146 cm³/mol. The summed E-state index contributed by atoms with van der Waals surface area (Å²) in [5.41, 5.74) is 4.30. The molecule has 0 saturated carbocycles. The number of likely N-dealkylation sites (N-methyl/N-ethyl adjacent to an activating group) is 1. The molecule has 8 heteroatoms. The fraction of sp³-hybridized carbons (Fsp3) is 0.310. The maximum absolute atomic E-state index is 14.3. The van der Waals surface area contributed by atoms with Crippen molar-refractivity contribution in [3.8, 4) is 11.1 Å². The van der Waals surface area contributed by atoms with E-state index in [9.17, 15) is 9.18 Å². The molecule has 7 nitrogen and oxygen atoms in total. The first-order valence-corrected chi connectivity index (χ1v) is 12.6. The SMILES string of the molecule is CC(C)Nc1cc(F)cc(-c2ccc3nnc(CC(=O)c4ccnc(N5CCN(C)CC5)c4)cc3c2)c1. The standard InChI is InChI=1S/C29H31FN6O/c1-19(2)32-25-14-22(13-24(30)17-25)20-4-5-27-23(12-20)15-26(33-34-27)18-28(37)21-6-7-31-29(16-21)36-10-8-35(3)9-11-36/h4-7,12-17,19,32H,8-11,18H2,1-3H3. The van der Waals surface area contributed by atoms with E-state index < -0.39 is 0 Å². The van der Waals surface area contributed by atoms with Crippen LogP contribution in [0.5, 0.6) is 0 Å². The van der Waals surface area contributed by atoms with Crippen LogP contribution < -0.4 is 10.2 Å². The van der Waals surface area contributed by atoms with Gasteiger partial charge < -0.3 is 15.1 Å². The van der Waals surface area contributed by atoms with Crippen LogP contribution in [0.2, 0.25) is 0 Å². The zero-order valence-electron chi connectivity index (χ0n) is 21.4. The summed E-state index contributed by atoms with van der Waals surface area (Å²) in [7, 11) is 2.11. The maximum Gasteiger partial charge on any atom is 0.169 e. The monoisotopic (exact) mass is 498 g/mol. The van der Waals surface area contributed by atoms with E-state index in [-0.39, 0.29) is 24.1 Å². The third-order valence-corrected chi connectivity index (χ3v) is 6.56. The Labute approximate surface area is 216 Å². The van der Waals surface area contributed by atoms with Gasteiger partial charge in [-0.25, -0.2) is 9.37 Å². The Balaban J connectivity index is 1.36. The van der Waals surface area contributed by atoms with Crippen LogP contribution in [0.3, 0.4) is 0 Å². The van der Waals surface area contributed by atoms with E-state index in [0.717, 1.165) is 59.7 Å². The Kier molecular flexibility index (Phi) is 7.10. The minimum atomic E-state index is -0.298. The van der Waals surface area contributed by atoms with Crippen molar-refractivity contribution in [2.24, 2.45) is 0 Å². The van der Waals surface area contributed by atoms with Gasteiger partial charge in [0.1, 0.15) is 11.6 Å². The number of pyridine rings is 1. The second-order valence-corrected chi connectivity index (χ2v) is 9.93. The average Bonchev–Trinajstić information content (AvgIpc) is 2.88. The fourth-order valence-corrected chi connectivity index (χ4v) is 4.59. The molecule has 0 bridgehead atoms. The van der Waals surface area contributed by atoms with Gasteiger partial charge in [-0.2, -0.15) is 10.2 Å². The van der Waals surface area contributed by atoms with Crippen molar-refractivity contribution in [3.05, 3.63) is 77.9 Å². The third-order valence-electron chi connectivity index (χ3n) is 6.56. The summed E-state index contributed by atoms with van der Waals surface area (Å²) >= 11 is 0. The number of fused-ring (bicyclic) bond motifs is 1. The predicted octanol–water partition coefficient (Wildman–Crippen LogP) is 4.83. The van der Waals surface area contributed by atoms with Crippen molar-refractivity contribution in [3.63, 3.8) is 0 Å². The number of aromatic nitrogens is 3. The van der Waals surface area contributed by atoms with Crippen molar-refractivity contribution in [2.75, 3.05) is 43.4 Å². The Bertz CT molecular complexity index is 1430. The van der Waals surface area contributed by atoms with Crippen LogP contribution in [-0.4, -0.2) is 65.1 Å². The number of hydrogen-bond donors (Lipinski definition) is 1. The second-order valence-electron chi connectivity index (χ2n) is 9.93. The lowest BCUT2D eigenvalue weighted by molar-refractivity contribution is 0.0991. The molecule has 1 saturated heterocycles. The smallest absolute Gasteiger partial charge is 0.169 e. The molecule has 3 heterocycles. The summed E-state index contributed by atoms with van der Waals surface area (Å²) in [5, 5.41) is 12.7. The molecule has 190 valence electrons. The zero-order chi connectivity index (χ0) is 25.9. The summed E-state index contributed by atoms with van der Waals surface area (Å²) in [6.07, 6.45) is 1.84. The van der Waals surface area contributed by atoms with Gasteiger partial charge in [-0.1, -0.05) is 6.07 Å². The lowest BCUT2D eigenvalue weighted by Crippen LogP contribution is -2.44. The van der Waals surface area contributed by atoms with E-state index in [4.69, 9.17) is 0 Å². The molecule has 2 aromatic carbocycles. The highest BCUT2D eigenvalue weighted by Gasteiger charge is 2.17. The molecule has 4 aromatic rings. The van der Waals surface area contributed by atoms with Crippen molar-refractivity contribution in [1.29, 1.82) is 0 Å². The number of Topliss-reactive ketones (excluding diaryl/α,β-unsaturated/α-hetero) is 1. The molecule has 0 radical (unpaired) electrons. The summed E-state index contributed by atoms with van der Waals surface area (Å²) in [5.74, 6) is 0.500. The van der Waals surface area contributed by atoms with E-state index in [2.05, 4.69) is 37.3 Å². The topological polar surface area (TPSA) is 74.2 Å². The molecule has 0 aliphatic carbocycles. The van der Waals surface area contributed by atoms with Gasteiger partial charge >= 0.3 is 0 Å². The normalized spacial score (nSPS) is 14.4. The molecule has 0 amide bonds. The number of benzene rings is 2. The highest BCUT2D eigenvalue weighted by Crippen LogP contribution is 2.28. The molecule has 5 rings (SSSR count). The lowest BCUT2D eigenvalue weighted by atomic mass is 10.0. The quantitative estimate of drug-likeness (QED) is 0.366. The van der Waals surface area contributed by atoms with Crippen LogP contribution >= 0.6 is 0 Å². The van der Waals surface area contributed by atoms with Gasteiger partial charge in [0.05, 0.1) is 17.6 Å². The van der Waals surface area contributed by atoms with Crippen molar-refractivity contribution < 1.29 is 9.18 Å². The molecule has 1 aliphatic heterocycles. The number of nitrogens with zero attached hydrogens (tertiary/aromatic N) is 5. The molecule has 1 fully saturated rings. The van der Waals surface area contributed by atoms with Crippen LogP contribution in [0.4, 0.5) is 15.9 Å². The van der Waals surface area contributed by atoms with Crippen LogP contribution in [0.25, 0.3) is 22.0 Å². The van der Waals surface area contributed by atoms with Gasteiger partial charge in [-0.05, 0) is 80.6 Å². The van der Waals surface area contributed by atoms with E-state index >= 15 is 0 Å². The van der Waals surface area contributed by atoms with Gasteiger partial charge in [-0.15, -0.1) is 0 Å². The largest absolute Gasteiger partial charge is 0.383 e. The highest BCUT2D eigenvalue weighted by atomic mass is 19.1. The Morgan fingerprint density at radius 2 is 1.78 bits per heavy atom. The molecule has 0 atom stereocenters. The number of carbonyl (C=O) groups excluding carboxylic acids is 1. The lowest BCUT2D eigenvalue weighted by Gasteiger charge is -2.33. The first-order valence-electron chi connectivity index (χ1n) is 12.6. The third kappa shape index (κ3) is 5.91. The molecule has 1 N–H and O–H groups in total. The maximum atomic E-state index is 14.3. The number of piperazine rings is 1. The minimum Gasteiger partial charge on any atom is -0.383 e. The average molecular weight is 499 g/mol. The van der Waals surface area contributed by atoms with Gasteiger partial charge in [0, 0.05) is 55.1 Å². The Morgan fingerprint density at radius 1 is 0.973 bits per heavy atom. The summed E-state index contributed by atoms with van der Waals surface area (Å²) in [4.78, 5) is 22.1. The van der Waals surface area contributed by atoms with Gasteiger partial charge in [0.2, 0.25) is 0 Å². The van der Waals surface area contributed by atoms with E-state index in [1.165, 1.54) is 12.1 Å². The van der Waals surface area contributed by atoms with Crippen molar-refractivity contribution in [2.45, 2.75) is 26.3 Å². The minimum absolute atomic E-state index is 0.0304. The number of carbonyl (C=O) groups is 1. The van der Waals surface area contributed by atoms with E-state index in [1.54, 1.807) is 12.3 Å². The highest BCUT2D eigenvalue weighted by molar-refractivity contribution is 5.98. The first kappa shape index (κ1) is 24.8. The van der Waals surface area contributed by atoms with Crippen molar-refractivity contribution in [1.82, 2.24) is 20.1 Å². The van der Waals surface area contributed by atoms with Crippen LogP contribution in [0.1, 0.15) is 29.9 Å². The molecule has 1 aliphatic rings. The Hall–Kier alpha value is -3.91. The molecule has 2 aromatic heterocycles. The van der Waals surface area contributed by atoms with Gasteiger partial charge in [0.25, 0.3) is 0 Å². The van der Waals surface area contributed by atoms with Crippen LogP contribution in [0, 0.1) is 5.82 Å². The number of anilines is 2. The fourth-order valence-electron chi connectivity index (χ4n) is 4.59. The summed E-state index contributed by atoms with van der Waals surface area (Å²) in [6, 6.07) is 16.4. The van der Waals surface area contributed by atoms with Gasteiger partial charge in [-0.3, -0.25) is 4.79 Å². The van der Waals surface area contributed by atoms with Gasteiger partial charge in [0.15, 0.2) is 5.78 Å². The molecule has 0 spiro atoms. The van der Waals surface area contributed by atoms with Crippen LogP contribution in [0.15, 0.2) is 60.8 Å². The molecule has 37 heavy (non-hydrogen) atoms. The number of rotatable bonds is 7. The number of hydrogen-bond acceptors (Lipinski definition) is 7. The van der Waals surface area contributed by atoms with Crippen molar-refractivity contribution >= 4 is 28.2 Å². The number of nitrogens with one attached hydrogen (secondary N) is 1. The zero-order valence-corrected chi connectivity index (χ0v) is 21.4. The molecular formula is C29H31FN6O. The van der Waals surface area contributed by atoms with E-state index in [1.807, 2.05) is 50.2 Å². The second kappa shape index (κ2) is 10.6. The Morgan fingerprint density at radius 3 is 2.57 bits per heavy atom. The number of ketones is 1.